The Morgan fingerprint density at radius 1 is 1.04 bits per heavy atom. The van der Waals surface area contributed by atoms with Gasteiger partial charge in [0.25, 0.3) is 15.9 Å². The average molecular weight is 407 g/mol. The highest BCUT2D eigenvalue weighted by atomic mass is 32.2. The molecular formula is C20H26N2O5S. The summed E-state index contributed by atoms with van der Waals surface area (Å²) < 4.78 is 38.0. The molecule has 0 aromatic heterocycles. The molecule has 0 aliphatic rings. The lowest BCUT2D eigenvalue weighted by Gasteiger charge is -2.10. The molecule has 0 fully saturated rings. The van der Waals surface area contributed by atoms with Crippen LogP contribution in [0.25, 0.3) is 0 Å². The van der Waals surface area contributed by atoms with E-state index in [1.165, 1.54) is 31.4 Å². The molecule has 1 amide bonds. The SMILES string of the molecule is CCCCCNC(=O)COc1ccc(S(=O)(=O)Nc2cccc(OC)c2)cc1. The number of rotatable bonds is 11. The molecule has 0 atom stereocenters. The first kappa shape index (κ1) is 21.6. The number of ether oxygens (including phenoxy) is 2. The van der Waals surface area contributed by atoms with Gasteiger partial charge in [0, 0.05) is 12.6 Å². The third-order valence-corrected chi connectivity index (χ3v) is 5.33. The number of carbonyl (C=O) groups is 1. The maximum atomic E-state index is 12.5. The molecule has 8 heteroatoms. The van der Waals surface area contributed by atoms with E-state index in [1.54, 1.807) is 24.3 Å². The van der Waals surface area contributed by atoms with Gasteiger partial charge >= 0.3 is 0 Å². The molecule has 0 radical (unpaired) electrons. The van der Waals surface area contributed by atoms with Gasteiger partial charge in [0.2, 0.25) is 0 Å². The van der Waals surface area contributed by atoms with Gasteiger partial charge in [-0.25, -0.2) is 8.42 Å². The molecule has 2 aromatic carbocycles. The lowest BCUT2D eigenvalue weighted by Crippen LogP contribution is -2.29. The van der Waals surface area contributed by atoms with Gasteiger partial charge in [0.15, 0.2) is 6.61 Å². The number of anilines is 1. The van der Waals surface area contributed by atoms with Crippen LogP contribution in [0.3, 0.4) is 0 Å². The zero-order valence-corrected chi connectivity index (χ0v) is 16.9. The standard InChI is InChI=1S/C20H26N2O5S/c1-3-4-5-13-21-20(23)15-27-17-9-11-19(12-10-17)28(24,25)22-16-7-6-8-18(14-16)26-2/h6-12,14,22H,3-5,13,15H2,1-2H3,(H,21,23). The van der Waals surface area contributed by atoms with Crippen molar-refractivity contribution in [2.45, 2.75) is 31.1 Å². The number of hydrogen-bond donors (Lipinski definition) is 2. The maximum absolute atomic E-state index is 12.5. The van der Waals surface area contributed by atoms with E-state index < -0.39 is 10.0 Å². The van der Waals surface area contributed by atoms with Crippen LogP contribution in [-0.4, -0.2) is 34.6 Å². The lowest BCUT2D eigenvalue weighted by atomic mass is 10.2. The number of sulfonamides is 1. The summed E-state index contributed by atoms with van der Waals surface area (Å²) in [5.41, 5.74) is 0.402. The van der Waals surface area contributed by atoms with Crippen molar-refractivity contribution in [2.24, 2.45) is 0 Å². The van der Waals surface area contributed by atoms with Gasteiger partial charge in [-0.05, 0) is 42.8 Å². The second kappa shape index (κ2) is 10.6. The van der Waals surface area contributed by atoms with E-state index in [4.69, 9.17) is 9.47 Å². The minimum atomic E-state index is -3.74. The summed E-state index contributed by atoms with van der Waals surface area (Å²) in [6.07, 6.45) is 3.10. The predicted molar refractivity (Wildman–Crippen MR) is 108 cm³/mol. The van der Waals surface area contributed by atoms with Crippen molar-refractivity contribution in [3.8, 4) is 11.5 Å². The Balaban J connectivity index is 1.90. The maximum Gasteiger partial charge on any atom is 0.261 e. The van der Waals surface area contributed by atoms with Crippen molar-refractivity contribution in [3.63, 3.8) is 0 Å². The zero-order valence-electron chi connectivity index (χ0n) is 16.1. The molecule has 0 heterocycles. The van der Waals surface area contributed by atoms with E-state index in [0.717, 1.165) is 19.3 Å². The Morgan fingerprint density at radius 3 is 2.46 bits per heavy atom. The molecule has 0 saturated heterocycles. The van der Waals surface area contributed by atoms with E-state index in [1.807, 2.05) is 0 Å². The fraction of sp³-hybridized carbons (Fsp3) is 0.350. The first-order valence-corrected chi connectivity index (χ1v) is 10.6. The molecule has 2 aromatic rings. The van der Waals surface area contributed by atoms with Gasteiger partial charge in [-0.3, -0.25) is 9.52 Å². The first-order valence-electron chi connectivity index (χ1n) is 9.11. The van der Waals surface area contributed by atoms with Crippen molar-refractivity contribution in [3.05, 3.63) is 48.5 Å². The van der Waals surface area contributed by atoms with E-state index in [2.05, 4.69) is 17.0 Å². The summed E-state index contributed by atoms with van der Waals surface area (Å²) in [5, 5.41) is 2.78. The summed E-state index contributed by atoms with van der Waals surface area (Å²) in [6.45, 7) is 2.62. The van der Waals surface area contributed by atoms with Crippen molar-refractivity contribution in [1.82, 2.24) is 5.32 Å². The Hall–Kier alpha value is -2.74. The zero-order chi connectivity index (χ0) is 20.4. The van der Waals surface area contributed by atoms with Crippen LogP contribution < -0.4 is 19.5 Å². The van der Waals surface area contributed by atoms with Crippen molar-refractivity contribution in [2.75, 3.05) is 25.0 Å². The normalized spacial score (nSPS) is 10.9. The van der Waals surface area contributed by atoms with E-state index in [9.17, 15) is 13.2 Å². The molecular weight excluding hydrogens is 380 g/mol. The van der Waals surface area contributed by atoms with Crippen LogP contribution in [0.5, 0.6) is 11.5 Å². The summed E-state index contributed by atoms with van der Waals surface area (Å²) in [5.74, 6) is 0.772. The Kier molecular flexibility index (Phi) is 8.13. The van der Waals surface area contributed by atoms with Crippen LogP contribution in [0.15, 0.2) is 53.4 Å². The summed E-state index contributed by atoms with van der Waals surface area (Å²) >= 11 is 0. The Morgan fingerprint density at radius 2 is 1.79 bits per heavy atom. The summed E-state index contributed by atoms with van der Waals surface area (Å²) in [7, 11) is -2.23. The van der Waals surface area contributed by atoms with Gasteiger partial charge < -0.3 is 14.8 Å². The highest BCUT2D eigenvalue weighted by Crippen LogP contribution is 2.22. The van der Waals surface area contributed by atoms with E-state index in [0.29, 0.717) is 23.7 Å². The molecule has 2 rings (SSSR count). The van der Waals surface area contributed by atoms with Gasteiger partial charge in [0.05, 0.1) is 17.7 Å². The molecule has 0 spiro atoms. The molecule has 28 heavy (non-hydrogen) atoms. The first-order chi connectivity index (χ1) is 13.4. The van der Waals surface area contributed by atoms with Crippen LogP contribution in [0.4, 0.5) is 5.69 Å². The highest BCUT2D eigenvalue weighted by molar-refractivity contribution is 7.92. The second-order valence-electron chi connectivity index (χ2n) is 6.15. The van der Waals surface area contributed by atoms with Crippen LogP contribution in [0.2, 0.25) is 0 Å². The molecule has 0 aliphatic carbocycles. The van der Waals surface area contributed by atoms with Crippen LogP contribution in [0, 0.1) is 0 Å². The van der Waals surface area contributed by atoms with Gasteiger partial charge in [-0.2, -0.15) is 0 Å². The third-order valence-electron chi connectivity index (χ3n) is 3.93. The number of hydrogen-bond acceptors (Lipinski definition) is 5. The van der Waals surface area contributed by atoms with Crippen LogP contribution in [-0.2, 0) is 14.8 Å². The second-order valence-corrected chi connectivity index (χ2v) is 7.84. The molecule has 7 nitrogen and oxygen atoms in total. The van der Waals surface area contributed by atoms with Crippen LogP contribution in [0.1, 0.15) is 26.2 Å². The fourth-order valence-corrected chi connectivity index (χ4v) is 3.47. The molecule has 0 aliphatic heterocycles. The molecule has 0 unspecified atom stereocenters. The monoisotopic (exact) mass is 406 g/mol. The number of amides is 1. The van der Waals surface area contributed by atoms with Crippen LogP contribution >= 0.6 is 0 Å². The predicted octanol–water partition coefficient (Wildman–Crippen LogP) is 3.18. The highest BCUT2D eigenvalue weighted by Gasteiger charge is 2.14. The minimum Gasteiger partial charge on any atom is -0.497 e. The quantitative estimate of drug-likeness (QED) is 0.559. The van der Waals surface area contributed by atoms with Crippen molar-refractivity contribution in [1.29, 1.82) is 0 Å². The summed E-state index contributed by atoms with van der Waals surface area (Å²) in [6, 6.07) is 12.5. The van der Waals surface area contributed by atoms with E-state index >= 15 is 0 Å². The Labute approximate surface area is 166 Å². The van der Waals surface area contributed by atoms with Gasteiger partial charge in [0.1, 0.15) is 11.5 Å². The minimum absolute atomic E-state index is 0.0895. The molecule has 0 bridgehead atoms. The van der Waals surface area contributed by atoms with Gasteiger partial charge in [-0.1, -0.05) is 25.8 Å². The smallest absolute Gasteiger partial charge is 0.261 e. The average Bonchev–Trinajstić information content (AvgIpc) is 2.70. The number of unbranched alkanes of at least 4 members (excludes halogenated alkanes) is 2. The Bertz CT molecular complexity index is 866. The molecule has 0 saturated carbocycles. The lowest BCUT2D eigenvalue weighted by molar-refractivity contribution is -0.123. The number of methoxy groups -OCH3 is 1. The van der Waals surface area contributed by atoms with Crippen molar-refractivity contribution >= 4 is 21.6 Å². The largest absolute Gasteiger partial charge is 0.497 e. The topological polar surface area (TPSA) is 93.7 Å². The molecule has 2 N–H and O–H groups in total. The van der Waals surface area contributed by atoms with Crippen molar-refractivity contribution < 1.29 is 22.7 Å². The number of carbonyl (C=O) groups excluding carboxylic acids is 1. The fourth-order valence-electron chi connectivity index (χ4n) is 2.42. The third kappa shape index (κ3) is 6.77. The van der Waals surface area contributed by atoms with Gasteiger partial charge in [-0.15, -0.1) is 0 Å². The van der Waals surface area contributed by atoms with E-state index in [-0.39, 0.29) is 17.4 Å². The number of benzene rings is 2. The summed E-state index contributed by atoms with van der Waals surface area (Å²) in [4.78, 5) is 11.8. The molecule has 152 valence electrons. The number of nitrogens with one attached hydrogen (secondary N) is 2.